The molecule has 1 aromatic carbocycles. The molecule has 0 aromatic heterocycles. The maximum atomic E-state index is 12.6. The number of thioether (sulfide) groups is 1. The Morgan fingerprint density at radius 2 is 1.95 bits per heavy atom. The van der Waals surface area contributed by atoms with Crippen LogP contribution in [0.4, 0.5) is 0 Å². The van der Waals surface area contributed by atoms with E-state index in [9.17, 15) is 4.79 Å². The molecular weight excluding hydrogens is 266 g/mol. The van der Waals surface area contributed by atoms with Gasteiger partial charge in [0.05, 0.1) is 6.04 Å². The predicted octanol–water partition coefficient (Wildman–Crippen LogP) is 3.95. The van der Waals surface area contributed by atoms with Crippen molar-refractivity contribution in [3.05, 3.63) is 34.9 Å². The molecule has 2 nitrogen and oxygen atoms in total. The minimum atomic E-state index is -0.0748. The summed E-state index contributed by atoms with van der Waals surface area (Å²) < 4.78 is 0. The summed E-state index contributed by atoms with van der Waals surface area (Å²) in [7, 11) is 2.06. The highest BCUT2D eigenvalue weighted by atomic mass is 32.2. The summed E-state index contributed by atoms with van der Waals surface area (Å²) in [4.78, 5) is 14.8. The van der Waals surface area contributed by atoms with E-state index < -0.39 is 0 Å². The van der Waals surface area contributed by atoms with Gasteiger partial charge in [-0.3, -0.25) is 9.69 Å². The maximum absolute atomic E-state index is 12.6. The van der Waals surface area contributed by atoms with Crippen molar-refractivity contribution in [1.29, 1.82) is 0 Å². The van der Waals surface area contributed by atoms with Crippen molar-refractivity contribution in [2.45, 2.75) is 46.2 Å². The number of likely N-dealkylation sites (N-methyl/N-ethyl adjacent to an activating group) is 1. The Kier molecular flexibility index (Phi) is 6.77. The Balaban J connectivity index is 2.86. The van der Waals surface area contributed by atoms with Crippen LogP contribution in [0, 0.1) is 13.8 Å². The molecule has 0 fully saturated rings. The highest BCUT2D eigenvalue weighted by Crippen LogP contribution is 2.17. The van der Waals surface area contributed by atoms with Crippen LogP contribution in [0.25, 0.3) is 0 Å². The van der Waals surface area contributed by atoms with Gasteiger partial charge < -0.3 is 0 Å². The lowest BCUT2D eigenvalue weighted by atomic mass is 9.99. The average molecular weight is 293 g/mol. The lowest BCUT2D eigenvalue weighted by Gasteiger charge is -2.31. The summed E-state index contributed by atoms with van der Waals surface area (Å²) in [5.41, 5.74) is 3.24. The third-order valence-corrected chi connectivity index (χ3v) is 4.91. The summed E-state index contributed by atoms with van der Waals surface area (Å²) in [6.07, 6.45) is 3.19. The molecule has 0 spiro atoms. The molecule has 1 aromatic rings. The van der Waals surface area contributed by atoms with Crippen molar-refractivity contribution in [3.8, 4) is 0 Å². The normalized spacial score (nSPS) is 14.3. The predicted molar refractivity (Wildman–Crippen MR) is 89.9 cm³/mol. The maximum Gasteiger partial charge on any atom is 0.179 e. The molecule has 0 saturated heterocycles. The number of hydrogen-bond donors (Lipinski definition) is 0. The van der Waals surface area contributed by atoms with Crippen LogP contribution in [0.5, 0.6) is 0 Å². The zero-order chi connectivity index (χ0) is 15.3. The molecule has 0 N–H and O–H groups in total. The van der Waals surface area contributed by atoms with Gasteiger partial charge in [-0.05, 0) is 57.7 Å². The molecule has 1 rings (SSSR count). The molecule has 2 atom stereocenters. The van der Waals surface area contributed by atoms with Crippen LogP contribution in [0.3, 0.4) is 0 Å². The standard InChI is InChI=1S/C17H27NOS/c1-7-16(11-20-6)18(5)14(4)17(19)15-9-8-12(2)13(3)10-15/h8-10,14,16H,7,11H2,1-6H3. The number of nitrogens with zero attached hydrogens (tertiary/aromatic N) is 1. The largest absolute Gasteiger partial charge is 0.293 e. The van der Waals surface area contributed by atoms with E-state index in [0.717, 1.165) is 17.7 Å². The summed E-state index contributed by atoms with van der Waals surface area (Å²) >= 11 is 1.84. The Morgan fingerprint density at radius 1 is 1.30 bits per heavy atom. The van der Waals surface area contributed by atoms with Gasteiger partial charge in [0.25, 0.3) is 0 Å². The van der Waals surface area contributed by atoms with Crippen molar-refractivity contribution in [1.82, 2.24) is 4.90 Å². The number of carbonyl (C=O) groups excluding carboxylic acids is 1. The molecule has 0 amide bonds. The van der Waals surface area contributed by atoms with E-state index in [4.69, 9.17) is 0 Å². The molecular formula is C17H27NOS. The Hall–Kier alpha value is -0.800. The molecule has 20 heavy (non-hydrogen) atoms. The minimum Gasteiger partial charge on any atom is -0.293 e. The Morgan fingerprint density at radius 3 is 2.45 bits per heavy atom. The summed E-state index contributed by atoms with van der Waals surface area (Å²) in [5, 5.41) is 0. The fraction of sp³-hybridized carbons (Fsp3) is 0.588. The van der Waals surface area contributed by atoms with Gasteiger partial charge in [-0.1, -0.05) is 19.1 Å². The minimum absolute atomic E-state index is 0.0748. The van der Waals surface area contributed by atoms with Gasteiger partial charge in [-0.15, -0.1) is 0 Å². The van der Waals surface area contributed by atoms with Crippen LogP contribution in [0.1, 0.15) is 41.8 Å². The number of aryl methyl sites for hydroxylation is 2. The van der Waals surface area contributed by atoms with Gasteiger partial charge in [0.2, 0.25) is 0 Å². The van der Waals surface area contributed by atoms with Crippen LogP contribution >= 0.6 is 11.8 Å². The molecule has 0 aliphatic carbocycles. The second-order valence-corrected chi connectivity index (χ2v) is 6.43. The van der Waals surface area contributed by atoms with Gasteiger partial charge in [-0.25, -0.2) is 0 Å². The summed E-state index contributed by atoms with van der Waals surface area (Å²) in [6.45, 7) is 8.33. The van der Waals surface area contributed by atoms with E-state index in [0.29, 0.717) is 6.04 Å². The lowest BCUT2D eigenvalue weighted by Crippen LogP contribution is -2.44. The van der Waals surface area contributed by atoms with Crippen molar-refractivity contribution in [2.24, 2.45) is 0 Å². The number of ketones is 1. The highest BCUT2D eigenvalue weighted by Gasteiger charge is 2.24. The molecule has 0 heterocycles. The van der Waals surface area contributed by atoms with Gasteiger partial charge >= 0.3 is 0 Å². The van der Waals surface area contributed by atoms with E-state index in [-0.39, 0.29) is 11.8 Å². The van der Waals surface area contributed by atoms with Crippen molar-refractivity contribution in [3.63, 3.8) is 0 Å². The fourth-order valence-corrected chi connectivity index (χ4v) is 3.21. The molecule has 3 heteroatoms. The third kappa shape index (κ3) is 4.10. The number of Topliss-reactive ketones (excluding diaryl/α,β-unsaturated/α-hetero) is 1. The topological polar surface area (TPSA) is 20.3 Å². The Labute approximate surface area is 127 Å². The smallest absolute Gasteiger partial charge is 0.179 e. The quantitative estimate of drug-likeness (QED) is 0.710. The third-order valence-electron chi connectivity index (χ3n) is 4.19. The van der Waals surface area contributed by atoms with E-state index in [1.54, 1.807) is 0 Å². The molecule has 0 saturated carbocycles. The monoisotopic (exact) mass is 293 g/mol. The highest BCUT2D eigenvalue weighted by molar-refractivity contribution is 7.98. The van der Waals surface area contributed by atoms with Gasteiger partial charge in [0.1, 0.15) is 0 Å². The number of hydrogen-bond acceptors (Lipinski definition) is 3. The Bertz CT molecular complexity index is 458. The first kappa shape index (κ1) is 17.3. The molecule has 0 aliphatic heterocycles. The fourth-order valence-electron chi connectivity index (χ4n) is 2.35. The van der Waals surface area contributed by atoms with Crippen LogP contribution in [-0.2, 0) is 0 Å². The van der Waals surface area contributed by atoms with Crippen molar-refractivity contribution < 1.29 is 4.79 Å². The van der Waals surface area contributed by atoms with Crippen LogP contribution in [-0.4, -0.2) is 41.8 Å². The summed E-state index contributed by atoms with van der Waals surface area (Å²) in [6, 6.07) is 6.38. The first-order valence-electron chi connectivity index (χ1n) is 7.24. The second-order valence-electron chi connectivity index (χ2n) is 5.52. The number of rotatable bonds is 7. The van der Waals surface area contributed by atoms with E-state index in [1.807, 2.05) is 36.9 Å². The number of carbonyl (C=O) groups is 1. The van der Waals surface area contributed by atoms with Gasteiger partial charge in [0.15, 0.2) is 5.78 Å². The van der Waals surface area contributed by atoms with Crippen LogP contribution in [0.2, 0.25) is 0 Å². The van der Waals surface area contributed by atoms with E-state index >= 15 is 0 Å². The van der Waals surface area contributed by atoms with E-state index in [1.165, 1.54) is 11.1 Å². The molecule has 0 aliphatic rings. The zero-order valence-electron chi connectivity index (χ0n) is 13.6. The molecule has 0 radical (unpaired) electrons. The van der Waals surface area contributed by atoms with E-state index in [2.05, 4.69) is 39.0 Å². The molecule has 112 valence electrons. The zero-order valence-corrected chi connectivity index (χ0v) is 14.4. The van der Waals surface area contributed by atoms with Crippen LogP contribution < -0.4 is 0 Å². The second kappa shape index (κ2) is 7.84. The SMILES string of the molecule is CCC(CSC)N(C)C(C)C(=O)c1ccc(C)c(C)c1. The van der Waals surface area contributed by atoms with Gasteiger partial charge in [0, 0.05) is 17.4 Å². The lowest BCUT2D eigenvalue weighted by molar-refractivity contribution is 0.0827. The van der Waals surface area contributed by atoms with Gasteiger partial charge in [-0.2, -0.15) is 11.8 Å². The average Bonchev–Trinajstić information content (AvgIpc) is 2.45. The summed E-state index contributed by atoms with van der Waals surface area (Å²) in [5.74, 6) is 1.28. The van der Waals surface area contributed by atoms with Crippen LogP contribution in [0.15, 0.2) is 18.2 Å². The van der Waals surface area contributed by atoms with Crippen molar-refractivity contribution >= 4 is 17.5 Å². The molecule has 2 unspecified atom stereocenters. The molecule has 0 bridgehead atoms. The first-order valence-corrected chi connectivity index (χ1v) is 8.64. The first-order chi connectivity index (χ1) is 9.42. The van der Waals surface area contributed by atoms with Crippen molar-refractivity contribution in [2.75, 3.05) is 19.1 Å². The number of benzene rings is 1.